The number of nitrogens with zero attached hydrogens (tertiary/aromatic N) is 1. The van der Waals surface area contributed by atoms with Crippen LogP contribution in [0.2, 0.25) is 0 Å². The lowest BCUT2D eigenvalue weighted by Crippen LogP contribution is -2.41. The molecule has 3 atom stereocenters. The number of nitrogens with two attached hydrogens (primary N) is 1. The molecule has 0 aromatic rings. The monoisotopic (exact) mass is 266 g/mol. The summed E-state index contributed by atoms with van der Waals surface area (Å²) in [5, 5.41) is 0. The molecule has 2 aliphatic rings. The molecule has 1 heterocycles. The van der Waals surface area contributed by atoms with Gasteiger partial charge in [0.1, 0.15) is 0 Å². The molecule has 3 unspecified atom stereocenters. The molecule has 19 heavy (non-hydrogen) atoms. The molecule has 1 saturated heterocycles. The Morgan fingerprint density at radius 1 is 1.32 bits per heavy atom. The van der Waals surface area contributed by atoms with Crippen LogP contribution in [0.3, 0.4) is 0 Å². The summed E-state index contributed by atoms with van der Waals surface area (Å²) in [5.41, 5.74) is 6.75. The van der Waals surface area contributed by atoms with Gasteiger partial charge in [0.2, 0.25) is 5.91 Å². The van der Waals surface area contributed by atoms with Gasteiger partial charge < -0.3 is 10.6 Å². The predicted octanol–water partition coefficient (Wildman–Crippen LogP) is 2.79. The van der Waals surface area contributed by atoms with Crippen LogP contribution in [0.4, 0.5) is 0 Å². The maximum atomic E-state index is 12.5. The summed E-state index contributed by atoms with van der Waals surface area (Å²) in [5.74, 6) is 0.644. The lowest BCUT2D eigenvalue weighted by molar-refractivity contribution is -0.132. The molecule has 1 aliphatic heterocycles. The van der Waals surface area contributed by atoms with E-state index < -0.39 is 0 Å². The number of amides is 1. The Balaban J connectivity index is 2.05. The van der Waals surface area contributed by atoms with E-state index in [1.54, 1.807) is 0 Å². The van der Waals surface area contributed by atoms with Crippen LogP contribution in [-0.2, 0) is 4.79 Å². The van der Waals surface area contributed by atoms with Crippen molar-refractivity contribution in [1.29, 1.82) is 0 Å². The van der Waals surface area contributed by atoms with Gasteiger partial charge in [-0.1, -0.05) is 34.6 Å². The fourth-order valence-corrected chi connectivity index (χ4v) is 4.31. The van der Waals surface area contributed by atoms with Gasteiger partial charge in [0.15, 0.2) is 0 Å². The van der Waals surface area contributed by atoms with E-state index in [1.165, 1.54) is 12.8 Å². The molecule has 1 aliphatic carbocycles. The highest BCUT2D eigenvalue weighted by Gasteiger charge is 2.50. The Morgan fingerprint density at radius 2 is 1.95 bits per heavy atom. The maximum Gasteiger partial charge on any atom is 0.224 e. The minimum absolute atomic E-state index is 0.00577. The number of carbonyl (C=O) groups excluding carboxylic acids is 1. The first-order chi connectivity index (χ1) is 8.62. The summed E-state index contributed by atoms with van der Waals surface area (Å²) in [6, 6.07) is 0.439. The van der Waals surface area contributed by atoms with Crippen LogP contribution in [0.15, 0.2) is 0 Å². The third-order valence-electron chi connectivity index (χ3n) is 5.00. The van der Waals surface area contributed by atoms with E-state index in [9.17, 15) is 4.79 Å². The van der Waals surface area contributed by atoms with E-state index in [2.05, 4.69) is 39.5 Å². The fourth-order valence-electron chi connectivity index (χ4n) is 4.31. The molecule has 2 rings (SSSR count). The van der Waals surface area contributed by atoms with E-state index in [-0.39, 0.29) is 11.9 Å². The first kappa shape index (κ1) is 14.8. The van der Waals surface area contributed by atoms with Crippen molar-refractivity contribution in [2.24, 2.45) is 22.5 Å². The van der Waals surface area contributed by atoms with Crippen molar-refractivity contribution in [1.82, 2.24) is 4.90 Å². The van der Waals surface area contributed by atoms with Gasteiger partial charge in [-0.25, -0.2) is 0 Å². The van der Waals surface area contributed by atoms with Gasteiger partial charge >= 0.3 is 0 Å². The normalized spacial score (nSPS) is 34.7. The Hall–Kier alpha value is -0.570. The first-order valence-electron chi connectivity index (χ1n) is 7.67. The van der Waals surface area contributed by atoms with Gasteiger partial charge in [0.25, 0.3) is 0 Å². The van der Waals surface area contributed by atoms with Crippen molar-refractivity contribution in [3.63, 3.8) is 0 Å². The van der Waals surface area contributed by atoms with Gasteiger partial charge in [-0.2, -0.15) is 0 Å². The highest BCUT2D eigenvalue weighted by molar-refractivity contribution is 5.77. The molecule has 3 heteroatoms. The van der Waals surface area contributed by atoms with Crippen LogP contribution < -0.4 is 5.73 Å². The van der Waals surface area contributed by atoms with Crippen molar-refractivity contribution in [2.45, 2.75) is 72.4 Å². The number of rotatable bonds is 3. The highest BCUT2D eigenvalue weighted by atomic mass is 16.2. The molecular formula is C16H30N2O. The zero-order chi connectivity index (χ0) is 14.4. The minimum atomic E-state index is -0.00577. The molecule has 1 amide bonds. The van der Waals surface area contributed by atoms with Gasteiger partial charge in [0.05, 0.1) is 0 Å². The molecule has 0 aromatic carbocycles. The van der Waals surface area contributed by atoms with E-state index in [1.807, 2.05) is 0 Å². The van der Waals surface area contributed by atoms with E-state index >= 15 is 0 Å². The Labute approximate surface area is 117 Å². The molecular weight excluding hydrogens is 236 g/mol. The lowest BCUT2D eigenvalue weighted by atomic mass is 9.65. The van der Waals surface area contributed by atoms with Gasteiger partial charge in [-0.05, 0) is 36.0 Å². The summed E-state index contributed by atoms with van der Waals surface area (Å²) in [4.78, 5) is 14.6. The predicted molar refractivity (Wildman–Crippen MR) is 78.7 cm³/mol. The van der Waals surface area contributed by atoms with Crippen LogP contribution in [0, 0.1) is 16.7 Å². The second kappa shape index (κ2) is 4.76. The Bertz CT molecular complexity index is 364. The summed E-state index contributed by atoms with van der Waals surface area (Å²) >= 11 is 0. The van der Waals surface area contributed by atoms with Crippen molar-refractivity contribution in [3.05, 3.63) is 0 Å². The standard InChI is InChI=1S/C16H30N2O/c1-11(2)13(17)6-14(19)18-10-16(5)8-12(18)7-15(3,4)9-16/h11-13H,6-10,17H2,1-5H3. The van der Waals surface area contributed by atoms with Crippen LogP contribution >= 0.6 is 0 Å². The lowest BCUT2D eigenvalue weighted by Gasteiger charge is -2.39. The Kier molecular flexibility index (Phi) is 3.72. The summed E-state index contributed by atoms with van der Waals surface area (Å²) in [6.07, 6.45) is 4.06. The maximum absolute atomic E-state index is 12.5. The van der Waals surface area contributed by atoms with Crippen molar-refractivity contribution in [2.75, 3.05) is 6.54 Å². The number of carbonyl (C=O) groups is 1. The smallest absolute Gasteiger partial charge is 0.224 e. The number of likely N-dealkylation sites (tertiary alicyclic amines) is 1. The second-order valence-corrected chi connectivity index (χ2v) is 8.35. The number of fused-ring (bicyclic) bond motifs is 2. The van der Waals surface area contributed by atoms with Crippen molar-refractivity contribution in [3.8, 4) is 0 Å². The van der Waals surface area contributed by atoms with Crippen LogP contribution in [0.1, 0.15) is 60.3 Å². The van der Waals surface area contributed by atoms with E-state index in [0.717, 1.165) is 13.0 Å². The van der Waals surface area contributed by atoms with Gasteiger partial charge in [-0.15, -0.1) is 0 Å². The van der Waals surface area contributed by atoms with E-state index in [4.69, 9.17) is 5.73 Å². The second-order valence-electron chi connectivity index (χ2n) is 8.35. The topological polar surface area (TPSA) is 46.3 Å². The molecule has 2 N–H and O–H groups in total. The molecule has 0 spiro atoms. The fraction of sp³-hybridized carbons (Fsp3) is 0.938. The molecule has 2 bridgehead atoms. The SMILES string of the molecule is CC(C)C(N)CC(=O)N1CC2(C)CC1CC(C)(C)C2. The molecule has 3 nitrogen and oxygen atoms in total. The van der Waals surface area contributed by atoms with Crippen LogP contribution in [0.25, 0.3) is 0 Å². The number of hydrogen-bond acceptors (Lipinski definition) is 2. The van der Waals surface area contributed by atoms with Gasteiger partial charge in [0, 0.05) is 25.0 Å². The average molecular weight is 266 g/mol. The van der Waals surface area contributed by atoms with Crippen LogP contribution in [0.5, 0.6) is 0 Å². The molecule has 0 radical (unpaired) electrons. The first-order valence-corrected chi connectivity index (χ1v) is 7.67. The largest absolute Gasteiger partial charge is 0.339 e. The zero-order valence-corrected chi connectivity index (χ0v) is 13.2. The zero-order valence-electron chi connectivity index (χ0n) is 13.2. The molecule has 0 aromatic heterocycles. The third kappa shape index (κ3) is 3.13. The molecule has 2 fully saturated rings. The molecule has 1 saturated carbocycles. The molecule has 110 valence electrons. The van der Waals surface area contributed by atoms with Crippen LogP contribution in [-0.4, -0.2) is 29.4 Å². The summed E-state index contributed by atoms with van der Waals surface area (Å²) in [6.45, 7) is 12.1. The highest BCUT2D eigenvalue weighted by Crippen LogP contribution is 2.52. The quantitative estimate of drug-likeness (QED) is 0.854. The number of hydrogen-bond donors (Lipinski definition) is 1. The summed E-state index contributed by atoms with van der Waals surface area (Å²) in [7, 11) is 0. The summed E-state index contributed by atoms with van der Waals surface area (Å²) < 4.78 is 0. The average Bonchev–Trinajstić information content (AvgIpc) is 2.47. The van der Waals surface area contributed by atoms with Crippen molar-refractivity contribution >= 4 is 5.91 Å². The third-order valence-corrected chi connectivity index (χ3v) is 5.00. The minimum Gasteiger partial charge on any atom is -0.339 e. The van der Waals surface area contributed by atoms with Crippen molar-refractivity contribution < 1.29 is 4.79 Å². The van der Waals surface area contributed by atoms with Gasteiger partial charge in [-0.3, -0.25) is 4.79 Å². The Morgan fingerprint density at radius 3 is 2.53 bits per heavy atom. The van der Waals surface area contributed by atoms with E-state index in [0.29, 0.717) is 29.2 Å².